The summed E-state index contributed by atoms with van der Waals surface area (Å²) < 4.78 is 53.2. The molecule has 0 unspecified atom stereocenters. The van der Waals surface area contributed by atoms with Crippen LogP contribution in [0.4, 0.5) is 39.8 Å². The molecule has 3 aromatic carbocycles. The van der Waals surface area contributed by atoms with Crippen LogP contribution in [-0.4, -0.2) is 21.2 Å². The predicted octanol–water partition coefficient (Wildman–Crippen LogP) is 7.53. The Balaban J connectivity index is 1.56. The normalized spacial score (nSPS) is 11.7. The highest BCUT2D eigenvalue weighted by Crippen LogP contribution is 2.34. The highest BCUT2D eigenvalue weighted by atomic mass is 32.1. The third-order valence-electron chi connectivity index (χ3n) is 4.66. The van der Waals surface area contributed by atoms with E-state index in [-0.39, 0.29) is 39.0 Å². The molecular weight excluding hydrogens is 488 g/mol. The number of carboxylic acid groups (broad SMARTS) is 1. The number of aromatic hydroxyl groups is 1. The van der Waals surface area contributed by atoms with Crippen molar-refractivity contribution in [2.24, 2.45) is 10.2 Å². The van der Waals surface area contributed by atoms with Crippen LogP contribution in [-0.2, 0) is 6.18 Å². The number of hydrogen-bond acceptors (Lipinski definition) is 7. The van der Waals surface area contributed by atoms with Crippen molar-refractivity contribution in [3.05, 3.63) is 83.0 Å². The second-order valence-corrected chi connectivity index (χ2v) is 7.97. The van der Waals surface area contributed by atoms with Crippen molar-refractivity contribution in [2.75, 3.05) is 5.32 Å². The van der Waals surface area contributed by atoms with Gasteiger partial charge in [0.25, 0.3) is 0 Å². The average Bonchev–Trinajstić information content (AvgIpc) is 3.27. The molecule has 0 aliphatic heterocycles. The fraction of sp³-hybridized carbons (Fsp3) is 0.0435. The highest BCUT2D eigenvalue weighted by molar-refractivity contribution is 7.14. The standard InChI is InChI=1S/C23H14F4N4O3S/c24-18-6-4-14(30-31-15-5-7-20(32)17(10-15)21(33)34)9-16(18)19-11-35-22(29-19)28-13-3-1-2-12(8-13)23(25,26)27/h1-11,32H,(H,28,29)(H,33,34)/b31-30+. The van der Waals surface area contributed by atoms with E-state index in [9.17, 15) is 27.5 Å². The van der Waals surface area contributed by atoms with E-state index in [1.807, 2.05) is 0 Å². The monoisotopic (exact) mass is 502 g/mol. The summed E-state index contributed by atoms with van der Waals surface area (Å²) in [6.07, 6.45) is -4.49. The van der Waals surface area contributed by atoms with Gasteiger partial charge in [0.1, 0.15) is 17.1 Å². The maximum Gasteiger partial charge on any atom is 0.416 e. The summed E-state index contributed by atoms with van der Waals surface area (Å²) >= 11 is 1.08. The SMILES string of the molecule is O=C(O)c1cc(/N=N/c2ccc(F)c(-c3csc(Nc4cccc(C(F)(F)F)c4)n3)c2)ccc1O. The number of thiazole rings is 1. The van der Waals surface area contributed by atoms with Gasteiger partial charge in [0, 0.05) is 16.6 Å². The molecule has 1 heterocycles. The van der Waals surface area contributed by atoms with Gasteiger partial charge in [-0.1, -0.05) is 6.07 Å². The maximum atomic E-state index is 14.5. The number of halogens is 4. The number of nitrogens with zero attached hydrogens (tertiary/aromatic N) is 3. The summed E-state index contributed by atoms with van der Waals surface area (Å²) in [5.74, 6) is -2.35. The summed E-state index contributed by atoms with van der Waals surface area (Å²) in [6.45, 7) is 0. The molecular formula is C23H14F4N4O3S. The number of rotatable bonds is 6. The average molecular weight is 502 g/mol. The van der Waals surface area contributed by atoms with Crippen LogP contribution in [0, 0.1) is 5.82 Å². The van der Waals surface area contributed by atoms with Gasteiger partial charge in [-0.3, -0.25) is 0 Å². The van der Waals surface area contributed by atoms with Crippen LogP contribution in [0.15, 0.2) is 76.3 Å². The van der Waals surface area contributed by atoms with Crippen LogP contribution in [0.25, 0.3) is 11.3 Å². The van der Waals surface area contributed by atoms with Crippen molar-refractivity contribution in [2.45, 2.75) is 6.18 Å². The number of phenols is 1. The molecule has 35 heavy (non-hydrogen) atoms. The Morgan fingerprint density at radius 1 is 1.00 bits per heavy atom. The van der Waals surface area contributed by atoms with Gasteiger partial charge in [-0.2, -0.15) is 23.4 Å². The predicted molar refractivity (Wildman–Crippen MR) is 121 cm³/mol. The number of aromatic carboxylic acids is 1. The largest absolute Gasteiger partial charge is 0.507 e. The van der Waals surface area contributed by atoms with E-state index in [0.717, 1.165) is 35.6 Å². The van der Waals surface area contributed by atoms with Crippen molar-refractivity contribution < 1.29 is 32.6 Å². The molecule has 0 atom stereocenters. The molecule has 3 N–H and O–H groups in total. The number of anilines is 2. The van der Waals surface area contributed by atoms with Crippen molar-refractivity contribution in [3.63, 3.8) is 0 Å². The molecule has 0 aliphatic rings. The Hall–Kier alpha value is -4.32. The maximum absolute atomic E-state index is 14.5. The fourth-order valence-electron chi connectivity index (χ4n) is 3.00. The Bertz CT molecular complexity index is 1440. The van der Waals surface area contributed by atoms with E-state index in [1.165, 1.54) is 41.8 Å². The lowest BCUT2D eigenvalue weighted by molar-refractivity contribution is -0.137. The Morgan fingerprint density at radius 3 is 2.43 bits per heavy atom. The molecule has 4 rings (SSSR count). The molecule has 178 valence electrons. The van der Waals surface area contributed by atoms with Gasteiger partial charge in [0.2, 0.25) is 0 Å². The van der Waals surface area contributed by atoms with Crippen molar-refractivity contribution >= 4 is 39.5 Å². The Kier molecular flexibility index (Phi) is 6.47. The van der Waals surface area contributed by atoms with Gasteiger partial charge < -0.3 is 15.5 Å². The molecule has 0 bridgehead atoms. The second-order valence-electron chi connectivity index (χ2n) is 7.11. The molecule has 0 radical (unpaired) electrons. The van der Waals surface area contributed by atoms with E-state index in [4.69, 9.17) is 5.11 Å². The Labute approximate surface area is 199 Å². The number of carboxylic acids is 1. The van der Waals surface area contributed by atoms with Crippen molar-refractivity contribution in [1.82, 2.24) is 4.98 Å². The van der Waals surface area contributed by atoms with Crippen molar-refractivity contribution in [3.8, 4) is 17.0 Å². The summed E-state index contributed by atoms with van der Waals surface area (Å²) in [5, 5.41) is 31.1. The highest BCUT2D eigenvalue weighted by Gasteiger charge is 2.30. The Morgan fingerprint density at radius 2 is 1.71 bits per heavy atom. The molecule has 7 nitrogen and oxygen atoms in total. The third kappa shape index (κ3) is 5.61. The number of hydrogen-bond donors (Lipinski definition) is 3. The van der Waals surface area contributed by atoms with Gasteiger partial charge in [0.15, 0.2) is 5.13 Å². The zero-order valence-electron chi connectivity index (χ0n) is 17.4. The zero-order valence-corrected chi connectivity index (χ0v) is 18.2. The lowest BCUT2D eigenvalue weighted by atomic mass is 10.1. The van der Waals surface area contributed by atoms with E-state index >= 15 is 0 Å². The van der Waals surface area contributed by atoms with Gasteiger partial charge >= 0.3 is 12.1 Å². The summed E-state index contributed by atoms with van der Waals surface area (Å²) in [5.41, 5.74) is -0.252. The van der Waals surface area contributed by atoms with Crippen LogP contribution in [0.3, 0.4) is 0 Å². The van der Waals surface area contributed by atoms with Crippen LogP contribution < -0.4 is 5.32 Å². The zero-order chi connectivity index (χ0) is 25.2. The summed E-state index contributed by atoms with van der Waals surface area (Å²) in [6, 6.07) is 12.2. The summed E-state index contributed by atoms with van der Waals surface area (Å²) in [7, 11) is 0. The molecule has 0 saturated heterocycles. The first-order valence-electron chi connectivity index (χ1n) is 9.78. The number of azo groups is 1. The molecule has 0 spiro atoms. The minimum absolute atomic E-state index is 0.0896. The number of nitrogens with one attached hydrogen (secondary N) is 1. The van der Waals surface area contributed by atoms with Crippen LogP contribution in [0.1, 0.15) is 15.9 Å². The number of carbonyl (C=O) groups is 1. The van der Waals surface area contributed by atoms with Crippen LogP contribution >= 0.6 is 11.3 Å². The number of aromatic nitrogens is 1. The molecule has 0 saturated carbocycles. The lowest BCUT2D eigenvalue weighted by Gasteiger charge is -2.09. The van der Waals surface area contributed by atoms with E-state index in [0.29, 0.717) is 0 Å². The van der Waals surface area contributed by atoms with E-state index in [2.05, 4.69) is 20.5 Å². The summed E-state index contributed by atoms with van der Waals surface area (Å²) in [4.78, 5) is 15.4. The first kappa shape index (κ1) is 23.8. The first-order valence-corrected chi connectivity index (χ1v) is 10.7. The molecule has 0 aliphatic carbocycles. The quantitative estimate of drug-likeness (QED) is 0.187. The van der Waals surface area contributed by atoms with Crippen LogP contribution in [0.5, 0.6) is 5.75 Å². The van der Waals surface area contributed by atoms with Crippen LogP contribution in [0.2, 0.25) is 0 Å². The van der Waals surface area contributed by atoms with Crippen molar-refractivity contribution in [1.29, 1.82) is 0 Å². The van der Waals surface area contributed by atoms with Gasteiger partial charge in [-0.05, 0) is 54.6 Å². The fourth-order valence-corrected chi connectivity index (χ4v) is 3.73. The molecule has 0 amide bonds. The third-order valence-corrected chi connectivity index (χ3v) is 5.42. The van der Waals surface area contributed by atoms with Gasteiger partial charge in [-0.25, -0.2) is 14.2 Å². The van der Waals surface area contributed by atoms with Gasteiger partial charge in [0.05, 0.1) is 22.6 Å². The minimum Gasteiger partial charge on any atom is -0.507 e. The lowest BCUT2D eigenvalue weighted by Crippen LogP contribution is -2.05. The topological polar surface area (TPSA) is 107 Å². The molecule has 4 aromatic rings. The minimum atomic E-state index is -4.49. The molecule has 12 heteroatoms. The molecule has 0 fully saturated rings. The molecule has 1 aromatic heterocycles. The smallest absolute Gasteiger partial charge is 0.416 e. The second kappa shape index (κ2) is 9.50. The van der Waals surface area contributed by atoms with E-state index < -0.39 is 29.3 Å². The first-order chi connectivity index (χ1) is 16.6. The number of alkyl halides is 3. The number of benzene rings is 3. The van der Waals surface area contributed by atoms with Gasteiger partial charge in [-0.15, -0.1) is 11.3 Å². The van der Waals surface area contributed by atoms with E-state index in [1.54, 1.807) is 0 Å².